The number of rotatable bonds is 2. The van der Waals surface area contributed by atoms with Crippen LogP contribution in [0.15, 0.2) is 30.5 Å². The minimum atomic E-state index is 0.180. The normalized spacial score (nSPS) is 25.0. The van der Waals surface area contributed by atoms with Crippen molar-refractivity contribution in [1.29, 1.82) is 0 Å². The van der Waals surface area contributed by atoms with Gasteiger partial charge in [0.1, 0.15) is 0 Å². The van der Waals surface area contributed by atoms with Crippen LogP contribution in [0.1, 0.15) is 43.7 Å². The Bertz CT molecular complexity index is 735. The maximum Gasteiger partial charge on any atom is 0.226 e. The molecule has 1 amide bonds. The van der Waals surface area contributed by atoms with E-state index in [1.54, 1.807) is 6.20 Å². The fraction of sp³-hybridized carbons (Fsp3) is 0.500. The Balaban J connectivity index is 1.52. The molecule has 1 aliphatic heterocycles. The molecule has 120 valence electrons. The molecule has 1 fully saturated rings. The largest absolute Gasteiger partial charge is 0.342 e. The molecular formula is C18H22N4O. The van der Waals surface area contributed by atoms with Crippen molar-refractivity contribution in [3.63, 3.8) is 0 Å². The summed E-state index contributed by atoms with van der Waals surface area (Å²) in [5.74, 6) is 0.848. The summed E-state index contributed by atoms with van der Waals surface area (Å²) in [6.45, 7) is 1.69. The first-order valence-electron chi connectivity index (χ1n) is 8.55. The van der Waals surface area contributed by atoms with Gasteiger partial charge in [-0.3, -0.25) is 9.89 Å². The first-order valence-corrected chi connectivity index (χ1v) is 8.55. The van der Waals surface area contributed by atoms with E-state index in [0.29, 0.717) is 11.8 Å². The van der Waals surface area contributed by atoms with Crippen LogP contribution in [-0.4, -0.2) is 39.1 Å². The van der Waals surface area contributed by atoms with Gasteiger partial charge < -0.3 is 4.90 Å². The predicted octanol–water partition coefficient (Wildman–Crippen LogP) is 3.02. The third-order valence-electron chi connectivity index (χ3n) is 5.12. The second kappa shape index (κ2) is 6.14. The summed E-state index contributed by atoms with van der Waals surface area (Å²) < 4.78 is 0. The van der Waals surface area contributed by atoms with E-state index >= 15 is 0 Å². The number of aromatic amines is 1. The molecule has 23 heavy (non-hydrogen) atoms. The maximum atomic E-state index is 12.8. The lowest BCUT2D eigenvalue weighted by Gasteiger charge is -2.35. The molecule has 0 aromatic carbocycles. The third kappa shape index (κ3) is 2.76. The van der Waals surface area contributed by atoms with Gasteiger partial charge in [0, 0.05) is 42.2 Å². The molecule has 0 unspecified atom stereocenters. The number of carbonyl (C=O) groups is 1. The van der Waals surface area contributed by atoms with E-state index in [2.05, 4.69) is 38.3 Å². The van der Waals surface area contributed by atoms with Gasteiger partial charge in [-0.1, -0.05) is 12.2 Å². The summed E-state index contributed by atoms with van der Waals surface area (Å²) in [5, 5.41) is 8.56. The maximum absolute atomic E-state index is 12.8. The van der Waals surface area contributed by atoms with Gasteiger partial charge in [-0.15, -0.1) is 0 Å². The van der Waals surface area contributed by atoms with Crippen LogP contribution in [0.3, 0.4) is 0 Å². The van der Waals surface area contributed by atoms with E-state index < -0.39 is 0 Å². The molecule has 2 aromatic rings. The Kier molecular flexibility index (Phi) is 3.85. The number of hydrogen-bond acceptors (Lipinski definition) is 3. The third-order valence-corrected chi connectivity index (χ3v) is 5.12. The molecule has 3 heterocycles. The number of H-pyrrole nitrogens is 1. The van der Waals surface area contributed by atoms with Crippen molar-refractivity contribution >= 4 is 16.9 Å². The average Bonchev–Trinajstić information content (AvgIpc) is 3.06. The zero-order valence-electron chi connectivity index (χ0n) is 13.2. The highest BCUT2D eigenvalue weighted by molar-refractivity contribution is 5.80. The van der Waals surface area contributed by atoms with E-state index in [1.165, 1.54) is 0 Å². The van der Waals surface area contributed by atoms with Crippen LogP contribution in [0.4, 0.5) is 0 Å². The Morgan fingerprint density at radius 2 is 2.26 bits per heavy atom. The predicted molar refractivity (Wildman–Crippen MR) is 88.9 cm³/mol. The molecule has 2 aliphatic rings. The van der Waals surface area contributed by atoms with E-state index in [9.17, 15) is 4.79 Å². The van der Waals surface area contributed by atoms with Gasteiger partial charge in [-0.05, 0) is 44.2 Å². The van der Waals surface area contributed by atoms with Gasteiger partial charge >= 0.3 is 0 Å². The number of piperidine rings is 1. The van der Waals surface area contributed by atoms with Gasteiger partial charge in [0.15, 0.2) is 5.65 Å². The van der Waals surface area contributed by atoms with Crippen molar-refractivity contribution in [1.82, 2.24) is 20.1 Å². The summed E-state index contributed by atoms with van der Waals surface area (Å²) in [5.41, 5.74) is 1.90. The van der Waals surface area contributed by atoms with Gasteiger partial charge in [-0.25, -0.2) is 4.98 Å². The summed E-state index contributed by atoms with van der Waals surface area (Å²) in [7, 11) is 0. The second-order valence-corrected chi connectivity index (χ2v) is 6.62. The number of hydrogen-bond donors (Lipinski definition) is 1. The molecule has 5 heteroatoms. The second-order valence-electron chi connectivity index (χ2n) is 6.62. The van der Waals surface area contributed by atoms with Crippen LogP contribution < -0.4 is 0 Å². The lowest BCUT2D eigenvalue weighted by atomic mass is 9.89. The van der Waals surface area contributed by atoms with E-state index in [1.807, 2.05) is 6.07 Å². The van der Waals surface area contributed by atoms with Gasteiger partial charge in [0.2, 0.25) is 5.91 Å². The standard InChI is InChI=1S/C18H22N4O/c23-18(13-6-2-1-3-7-13)22-11-5-8-14(12-22)16-15-9-4-10-19-17(15)21-20-16/h1-2,4,9-10,13-14H,3,5-8,11-12H2,(H,19,20,21)/t13-,14-/m0/s1. The minimum absolute atomic E-state index is 0.180. The molecule has 0 radical (unpaired) electrons. The van der Waals surface area contributed by atoms with Crippen LogP contribution in [0.5, 0.6) is 0 Å². The molecule has 1 aliphatic carbocycles. The Labute approximate surface area is 135 Å². The number of aromatic nitrogens is 3. The summed E-state index contributed by atoms with van der Waals surface area (Å²) in [6, 6.07) is 4.01. The highest BCUT2D eigenvalue weighted by Gasteiger charge is 2.30. The molecule has 4 rings (SSSR count). The van der Waals surface area contributed by atoms with Gasteiger partial charge in [0.05, 0.1) is 0 Å². The van der Waals surface area contributed by atoms with Crippen LogP contribution in [-0.2, 0) is 4.79 Å². The summed E-state index contributed by atoms with van der Waals surface area (Å²) in [6.07, 6.45) is 11.2. The molecule has 5 nitrogen and oxygen atoms in total. The fourth-order valence-corrected chi connectivity index (χ4v) is 3.87. The van der Waals surface area contributed by atoms with E-state index in [0.717, 1.165) is 61.9 Å². The quantitative estimate of drug-likeness (QED) is 0.867. The zero-order valence-corrected chi connectivity index (χ0v) is 13.2. The first-order chi connectivity index (χ1) is 11.3. The van der Waals surface area contributed by atoms with Crippen molar-refractivity contribution in [2.45, 2.75) is 38.0 Å². The number of allylic oxidation sites excluding steroid dienone is 2. The molecule has 2 aromatic heterocycles. The van der Waals surface area contributed by atoms with Crippen molar-refractivity contribution in [2.24, 2.45) is 5.92 Å². The highest BCUT2D eigenvalue weighted by atomic mass is 16.2. The molecular weight excluding hydrogens is 288 g/mol. The van der Waals surface area contributed by atoms with Crippen LogP contribution >= 0.6 is 0 Å². The van der Waals surface area contributed by atoms with Crippen LogP contribution in [0, 0.1) is 5.92 Å². The molecule has 2 atom stereocenters. The number of nitrogens with one attached hydrogen (secondary N) is 1. The van der Waals surface area contributed by atoms with Crippen molar-refractivity contribution in [2.75, 3.05) is 13.1 Å². The summed E-state index contributed by atoms with van der Waals surface area (Å²) in [4.78, 5) is 19.1. The SMILES string of the molecule is O=C([C@H]1CC=CCC1)N1CCC[C@H](c2[nH]nc3ncccc23)C1. The first kappa shape index (κ1) is 14.4. The van der Waals surface area contributed by atoms with E-state index in [4.69, 9.17) is 0 Å². The van der Waals surface area contributed by atoms with Crippen LogP contribution in [0.25, 0.3) is 11.0 Å². The Morgan fingerprint density at radius 1 is 1.30 bits per heavy atom. The number of fused-ring (bicyclic) bond motifs is 1. The number of amides is 1. The molecule has 1 N–H and O–H groups in total. The highest BCUT2D eigenvalue weighted by Crippen LogP contribution is 2.31. The summed E-state index contributed by atoms with van der Waals surface area (Å²) >= 11 is 0. The molecule has 1 saturated heterocycles. The minimum Gasteiger partial charge on any atom is -0.342 e. The number of nitrogens with zero attached hydrogens (tertiary/aromatic N) is 3. The van der Waals surface area contributed by atoms with Gasteiger partial charge in [-0.2, -0.15) is 5.10 Å². The lowest BCUT2D eigenvalue weighted by Crippen LogP contribution is -2.42. The van der Waals surface area contributed by atoms with Crippen molar-refractivity contribution in [3.8, 4) is 0 Å². The Hall–Kier alpha value is -2.17. The molecule has 0 spiro atoms. The monoisotopic (exact) mass is 310 g/mol. The smallest absolute Gasteiger partial charge is 0.226 e. The van der Waals surface area contributed by atoms with Crippen molar-refractivity contribution in [3.05, 3.63) is 36.2 Å². The van der Waals surface area contributed by atoms with Gasteiger partial charge in [0.25, 0.3) is 0 Å². The van der Waals surface area contributed by atoms with Crippen LogP contribution in [0.2, 0.25) is 0 Å². The van der Waals surface area contributed by atoms with Crippen molar-refractivity contribution < 1.29 is 4.79 Å². The topological polar surface area (TPSA) is 61.9 Å². The Morgan fingerprint density at radius 3 is 3.13 bits per heavy atom. The number of pyridine rings is 1. The zero-order chi connectivity index (χ0) is 15.6. The lowest BCUT2D eigenvalue weighted by molar-refractivity contribution is -0.137. The number of likely N-dealkylation sites (tertiary alicyclic amines) is 1. The van der Waals surface area contributed by atoms with E-state index in [-0.39, 0.29) is 5.92 Å². The number of carbonyl (C=O) groups excluding carboxylic acids is 1. The molecule has 0 saturated carbocycles. The molecule has 0 bridgehead atoms. The fourth-order valence-electron chi connectivity index (χ4n) is 3.87. The average molecular weight is 310 g/mol.